The predicted octanol–water partition coefficient (Wildman–Crippen LogP) is 2.76. The van der Waals surface area contributed by atoms with Crippen molar-refractivity contribution >= 4 is 33.7 Å². The standard InChI is InChI=1S/C23H23F4N7O3S/c1-2-17-20(33-12-15-4-3-5-18(15)31-22(33)30-17)21(35)28-11-14-6-7-19(16(24)10-14)34-9-8-32(13-29-34)38(36,37)23(25,26)27/h6-7,10,12-13H,2-5,8-9,11H2,1H3,(H,28,35). The molecule has 0 atom stereocenters. The smallest absolute Gasteiger partial charge is 0.347 e. The van der Waals surface area contributed by atoms with Crippen molar-refractivity contribution in [2.75, 3.05) is 18.1 Å². The molecular weight excluding hydrogens is 530 g/mol. The number of hydrogen-bond donors (Lipinski definition) is 1. The number of aryl methyl sites for hydroxylation is 3. The fourth-order valence-electron chi connectivity index (χ4n) is 4.51. The van der Waals surface area contributed by atoms with Crippen molar-refractivity contribution in [3.05, 3.63) is 58.4 Å². The quantitative estimate of drug-likeness (QED) is 0.470. The minimum absolute atomic E-state index is 0.00562. The van der Waals surface area contributed by atoms with Crippen molar-refractivity contribution in [2.24, 2.45) is 5.10 Å². The van der Waals surface area contributed by atoms with Crippen LogP contribution < -0.4 is 10.3 Å². The molecule has 1 aliphatic heterocycles. The molecule has 1 aliphatic carbocycles. The number of halogens is 4. The first kappa shape index (κ1) is 25.9. The third-order valence-corrected chi connectivity index (χ3v) is 7.94. The van der Waals surface area contributed by atoms with Gasteiger partial charge in [-0.1, -0.05) is 13.0 Å². The summed E-state index contributed by atoms with van der Waals surface area (Å²) < 4.78 is 77.8. The zero-order valence-corrected chi connectivity index (χ0v) is 21.0. The van der Waals surface area contributed by atoms with E-state index in [9.17, 15) is 30.8 Å². The molecule has 0 unspecified atom stereocenters. The Morgan fingerprint density at radius 1 is 1.16 bits per heavy atom. The van der Waals surface area contributed by atoms with Gasteiger partial charge in [0.2, 0.25) is 5.78 Å². The lowest BCUT2D eigenvalue weighted by atomic mass is 10.1. The van der Waals surface area contributed by atoms with Gasteiger partial charge in [0.15, 0.2) is 0 Å². The summed E-state index contributed by atoms with van der Waals surface area (Å²) in [7, 11) is -5.56. The van der Waals surface area contributed by atoms with Crippen LogP contribution in [0.15, 0.2) is 29.5 Å². The lowest BCUT2D eigenvalue weighted by molar-refractivity contribution is -0.0471. The maximum atomic E-state index is 14.8. The van der Waals surface area contributed by atoms with Gasteiger partial charge >= 0.3 is 15.5 Å². The molecule has 2 aromatic heterocycles. The van der Waals surface area contributed by atoms with Crippen LogP contribution in [-0.4, -0.2) is 57.9 Å². The number of carbonyl (C=O) groups is 1. The van der Waals surface area contributed by atoms with E-state index in [0.29, 0.717) is 35.5 Å². The van der Waals surface area contributed by atoms with Gasteiger partial charge < -0.3 is 5.32 Å². The summed E-state index contributed by atoms with van der Waals surface area (Å²) >= 11 is 0. The van der Waals surface area contributed by atoms with Crippen LogP contribution in [0.25, 0.3) is 5.78 Å². The van der Waals surface area contributed by atoms with E-state index in [1.807, 2.05) is 13.1 Å². The van der Waals surface area contributed by atoms with Crippen LogP contribution in [-0.2, 0) is 35.8 Å². The molecule has 3 aromatic rings. The molecule has 1 N–H and O–H groups in total. The van der Waals surface area contributed by atoms with E-state index in [2.05, 4.69) is 20.4 Å². The highest BCUT2D eigenvalue weighted by molar-refractivity contribution is 7.90. The van der Waals surface area contributed by atoms with Gasteiger partial charge in [-0.25, -0.2) is 18.7 Å². The molecule has 10 nitrogen and oxygen atoms in total. The highest BCUT2D eigenvalue weighted by atomic mass is 32.2. The Bertz CT molecular complexity index is 1550. The Labute approximate surface area is 215 Å². The monoisotopic (exact) mass is 553 g/mol. The van der Waals surface area contributed by atoms with Crippen molar-refractivity contribution in [1.29, 1.82) is 0 Å². The second-order valence-corrected chi connectivity index (χ2v) is 10.8. The Morgan fingerprint density at radius 3 is 2.61 bits per heavy atom. The number of benzene rings is 1. The average Bonchev–Trinajstić information content (AvgIpc) is 3.48. The predicted molar refractivity (Wildman–Crippen MR) is 129 cm³/mol. The minimum atomic E-state index is -5.56. The molecule has 3 heterocycles. The Kier molecular flexibility index (Phi) is 6.49. The van der Waals surface area contributed by atoms with Gasteiger partial charge in [0, 0.05) is 18.4 Å². The molecule has 0 bridgehead atoms. The van der Waals surface area contributed by atoms with Crippen LogP contribution in [0.1, 0.15) is 46.3 Å². The van der Waals surface area contributed by atoms with E-state index < -0.39 is 27.9 Å². The minimum Gasteiger partial charge on any atom is -0.347 e. The zero-order valence-electron chi connectivity index (χ0n) is 20.2. The first-order valence-electron chi connectivity index (χ1n) is 11.9. The number of aromatic nitrogens is 3. The second kappa shape index (κ2) is 9.53. The molecule has 1 aromatic carbocycles. The van der Waals surface area contributed by atoms with Crippen LogP contribution in [0, 0.1) is 5.82 Å². The summed E-state index contributed by atoms with van der Waals surface area (Å²) in [6.07, 6.45) is 5.72. The number of carbonyl (C=O) groups excluding carboxylic acids is 1. The van der Waals surface area contributed by atoms with Gasteiger partial charge in [-0.15, -0.1) is 0 Å². The molecule has 0 spiro atoms. The number of hydrogen-bond acceptors (Lipinski definition) is 7. The lowest BCUT2D eigenvalue weighted by Gasteiger charge is -2.29. The summed E-state index contributed by atoms with van der Waals surface area (Å²) in [4.78, 5) is 22.2. The number of nitrogens with one attached hydrogen (secondary N) is 1. The van der Waals surface area contributed by atoms with Gasteiger partial charge in [-0.3, -0.25) is 14.2 Å². The first-order valence-corrected chi connectivity index (χ1v) is 13.3. The largest absolute Gasteiger partial charge is 0.516 e. The number of hydrazone groups is 1. The van der Waals surface area contributed by atoms with E-state index in [1.54, 1.807) is 4.40 Å². The number of anilines is 1. The highest BCUT2D eigenvalue weighted by Crippen LogP contribution is 2.28. The Balaban J connectivity index is 1.29. The molecule has 0 radical (unpaired) electrons. The lowest BCUT2D eigenvalue weighted by Crippen LogP contribution is -2.46. The molecule has 5 rings (SSSR count). The van der Waals surface area contributed by atoms with Gasteiger partial charge in [-0.05, 0) is 48.9 Å². The number of imidazole rings is 1. The maximum Gasteiger partial charge on any atom is 0.516 e. The molecule has 1 amide bonds. The normalized spacial score (nSPS) is 15.8. The van der Waals surface area contributed by atoms with E-state index in [4.69, 9.17) is 0 Å². The Morgan fingerprint density at radius 2 is 1.95 bits per heavy atom. The Hall–Kier alpha value is -3.75. The summed E-state index contributed by atoms with van der Waals surface area (Å²) in [5.74, 6) is -0.651. The highest BCUT2D eigenvalue weighted by Gasteiger charge is 2.50. The number of rotatable bonds is 6. The summed E-state index contributed by atoms with van der Waals surface area (Å²) in [6, 6.07) is 4.07. The zero-order chi connectivity index (χ0) is 27.2. The molecule has 2 aliphatic rings. The van der Waals surface area contributed by atoms with E-state index >= 15 is 0 Å². The van der Waals surface area contributed by atoms with Crippen LogP contribution in [0.5, 0.6) is 0 Å². The van der Waals surface area contributed by atoms with E-state index in [1.165, 1.54) is 18.2 Å². The van der Waals surface area contributed by atoms with Crippen LogP contribution in [0.4, 0.5) is 23.2 Å². The van der Waals surface area contributed by atoms with E-state index in [-0.39, 0.29) is 29.0 Å². The summed E-state index contributed by atoms with van der Waals surface area (Å²) in [5.41, 5.74) is -2.00. The molecule has 15 heteroatoms. The third kappa shape index (κ3) is 4.54. The van der Waals surface area contributed by atoms with Crippen LogP contribution >= 0.6 is 0 Å². The topological polar surface area (TPSA) is 112 Å². The fourth-order valence-corrected chi connectivity index (χ4v) is 5.27. The second-order valence-electron chi connectivity index (χ2n) is 8.88. The molecule has 0 fully saturated rings. The summed E-state index contributed by atoms with van der Waals surface area (Å²) in [6.45, 7) is 1.05. The number of alkyl halides is 3. The van der Waals surface area contributed by atoms with E-state index in [0.717, 1.165) is 35.5 Å². The average molecular weight is 554 g/mol. The number of amides is 1. The molecule has 202 valence electrons. The number of nitrogens with zero attached hydrogens (tertiary/aromatic N) is 6. The van der Waals surface area contributed by atoms with Crippen molar-refractivity contribution in [3.63, 3.8) is 0 Å². The molecule has 38 heavy (non-hydrogen) atoms. The van der Waals surface area contributed by atoms with Gasteiger partial charge in [0.25, 0.3) is 5.91 Å². The van der Waals surface area contributed by atoms with Crippen molar-refractivity contribution in [3.8, 4) is 0 Å². The number of fused-ring (bicyclic) bond motifs is 2. The van der Waals surface area contributed by atoms with Gasteiger partial charge in [0.1, 0.15) is 17.8 Å². The summed E-state index contributed by atoms with van der Waals surface area (Å²) in [5, 5.41) is 7.51. The number of sulfonamides is 1. The molecule has 0 saturated carbocycles. The van der Waals surface area contributed by atoms with Crippen molar-refractivity contribution in [1.82, 2.24) is 24.0 Å². The van der Waals surface area contributed by atoms with Crippen molar-refractivity contribution in [2.45, 2.75) is 44.7 Å². The van der Waals surface area contributed by atoms with Gasteiger partial charge in [-0.2, -0.15) is 26.7 Å². The van der Waals surface area contributed by atoms with Crippen LogP contribution in [0.2, 0.25) is 0 Å². The fraction of sp³-hybridized carbons (Fsp3) is 0.391. The molecule has 0 saturated heterocycles. The van der Waals surface area contributed by atoms with Gasteiger partial charge in [0.05, 0.1) is 24.5 Å². The third-order valence-electron chi connectivity index (χ3n) is 6.46. The first-order chi connectivity index (χ1) is 18.0. The van der Waals surface area contributed by atoms with Crippen LogP contribution in [0.3, 0.4) is 0 Å². The maximum absolute atomic E-state index is 14.8. The molecular formula is C23H23F4N7O3S. The van der Waals surface area contributed by atoms with Crippen molar-refractivity contribution < 1.29 is 30.8 Å². The SMILES string of the molecule is CCc1nc2nc3c(cn2c1C(=O)NCc1ccc(N2CCN(S(=O)(=O)C(F)(F)F)C=N2)c(F)c1)CCC3.